The van der Waals surface area contributed by atoms with E-state index >= 15 is 0 Å². The number of nitrogens with zero attached hydrogens (tertiary/aromatic N) is 2. The molecule has 25 heavy (non-hydrogen) atoms. The Balaban J connectivity index is 1.93. The van der Waals surface area contributed by atoms with Gasteiger partial charge in [0.2, 0.25) is 5.91 Å². The van der Waals surface area contributed by atoms with Crippen molar-refractivity contribution in [3.63, 3.8) is 0 Å². The topological polar surface area (TPSA) is 64.0 Å². The van der Waals surface area contributed by atoms with E-state index in [1.54, 1.807) is 6.92 Å². The molecule has 0 fully saturated rings. The summed E-state index contributed by atoms with van der Waals surface area (Å²) < 4.78 is 27.3. The first-order valence-corrected chi connectivity index (χ1v) is 7.73. The lowest BCUT2D eigenvalue weighted by molar-refractivity contribution is -0.116. The van der Waals surface area contributed by atoms with Crippen LogP contribution in [0.15, 0.2) is 47.3 Å². The third-order valence-corrected chi connectivity index (χ3v) is 3.73. The fourth-order valence-electron chi connectivity index (χ4n) is 2.51. The molecule has 0 aliphatic carbocycles. The monoisotopic (exact) mass is 343 g/mol. The molecule has 0 atom stereocenters. The van der Waals surface area contributed by atoms with Gasteiger partial charge in [0.1, 0.15) is 17.5 Å². The molecule has 1 heterocycles. The molecule has 0 spiro atoms. The molecule has 1 aromatic heterocycles. The minimum Gasteiger partial charge on any atom is -0.273 e. The van der Waals surface area contributed by atoms with Crippen LogP contribution in [0.25, 0.3) is 10.9 Å². The Hall–Kier alpha value is -3.09. The number of nitrogens with one attached hydrogen (secondary N) is 1. The normalized spacial score (nSPS) is 10.8. The van der Waals surface area contributed by atoms with Gasteiger partial charge >= 0.3 is 0 Å². The maximum absolute atomic E-state index is 13.3. The van der Waals surface area contributed by atoms with E-state index < -0.39 is 17.3 Å². The van der Waals surface area contributed by atoms with Gasteiger partial charge in [0.05, 0.1) is 17.3 Å². The van der Waals surface area contributed by atoms with E-state index in [1.807, 2.05) is 0 Å². The predicted molar refractivity (Wildman–Crippen MR) is 89.8 cm³/mol. The molecule has 7 heteroatoms. The molecule has 0 unspecified atom stereocenters. The molecule has 1 amide bonds. The SMILES string of the molecule is CCc1nc2cc(F)ccc2c(=O)n1NC(=O)Cc1ccc(F)cc1. The lowest BCUT2D eigenvalue weighted by Crippen LogP contribution is -2.37. The Kier molecular flexibility index (Phi) is 4.56. The third kappa shape index (κ3) is 3.55. The Morgan fingerprint density at radius 1 is 1.12 bits per heavy atom. The molecule has 0 saturated carbocycles. The molecule has 2 aromatic carbocycles. The van der Waals surface area contributed by atoms with Crippen molar-refractivity contribution in [2.24, 2.45) is 0 Å². The highest BCUT2D eigenvalue weighted by Crippen LogP contribution is 2.11. The van der Waals surface area contributed by atoms with Crippen LogP contribution in [0.5, 0.6) is 0 Å². The molecule has 0 aliphatic rings. The lowest BCUT2D eigenvalue weighted by atomic mass is 10.1. The average molecular weight is 343 g/mol. The highest BCUT2D eigenvalue weighted by atomic mass is 19.1. The van der Waals surface area contributed by atoms with Crippen molar-refractivity contribution in [3.8, 4) is 0 Å². The van der Waals surface area contributed by atoms with Gasteiger partial charge in [-0.25, -0.2) is 18.4 Å². The quantitative estimate of drug-likeness (QED) is 0.792. The average Bonchev–Trinajstić information content (AvgIpc) is 2.59. The molecule has 3 aromatic rings. The second kappa shape index (κ2) is 6.80. The predicted octanol–water partition coefficient (Wildman–Crippen LogP) is 2.55. The van der Waals surface area contributed by atoms with Gasteiger partial charge in [-0.2, -0.15) is 0 Å². The number of halogens is 2. The summed E-state index contributed by atoms with van der Waals surface area (Å²) in [4.78, 5) is 29.1. The Morgan fingerprint density at radius 3 is 2.48 bits per heavy atom. The van der Waals surface area contributed by atoms with E-state index in [2.05, 4.69) is 10.4 Å². The number of hydrogen-bond donors (Lipinski definition) is 1. The molecule has 0 saturated heterocycles. The van der Waals surface area contributed by atoms with Crippen molar-refractivity contribution in [3.05, 3.63) is 75.8 Å². The Bertz CT molecular complexity index is 998. The summed E-state index contributed by atoms with van der Waals surface area (Å²) in [5.41, 5.74) is 2.89. The largest absolute Gasteiger partial charge is 0.280 e. The second-order valence-electron chi connectivity index (χ2n) is 5.52. The Labute approximate surface area is 141 Å². The molecule has 0 aliphatic heterocycles. The molecule has 1 N–H and O–H groups in total. The van der Waals surface area contributed by atoms with Crippen LogP contribution in [0.2, 0.25) is 0 Å². The van der Waals surface area contributed by atoms with Gasteiger partial charge in [-0.1, -0.05) is 19.1 Å². The van der Waals surface area contributed by atoms with Gasteiger partial charge in [-0.15, -0.1) is 0 Å². The number of carbonyl (C=O) groups is 1. The summed E-state index contributed by atoms with van der Waals surface area (Å²) in [6, 6.07) is 9.21. The molecule has 128 valence electrons. The molecule has 0 bridgehead atoms. The smallest absolute Gasteiger partial charge is 0.273 e. The van der Waals surface area contributed by atoms with Gasteiger partial charge in [0.15, 0.2) is 0 Å². The van der Waals surface area contributed by atoms with Crippen LogP contribution in [-0.2, 0) is 17.6 Å². The number of amides is 1. The fraction of sp³-hybridized carbons (Fsp3) is 0.167. The van der Waals surface area contributed by atoms with Crippen LogP contribution in [0.1, 0.15) is 18.3 Å². The minimum atomic E-state index is -0.487. The van der Waals surface area contributed by atoms with Crippen molar-refractivity contribution in [1.29, 1.82) is 0 Å². The third-order valence-electron chi connectivity index (χ3n) is 3.73. The zero-order chi connectivity index (χ0) is 18.0. The van der Waals surface area contributed by atoms with E-state index in [0.29, 0.717) is 17.8 Å². The van der Waals surface area contributed by atoms with Crippen molar-refractivity contribution >= 4 is 16.8 Å². The summed E-state index contributed by atoms with van der Waals surface area (Å²) in [5, 5.41) is 0.209. The van der Waals surface area contributed by atoms with Crippen molar-refractivity contribution in [2.75, 3.05) is 5.43 Å². The van der Waals surface area contributed by atoms with Crippen LogP contribution < -0.4 is 11.0 Å². The highest BCUT2D eigenvalue weighted by molar-refractivity contribution is 5.86. The molecule has 0 radical (unpaired) electrons. The van der Waals surface area contributed by atoms with Gasteiger partial charge in [-0.3, -0.25) is 15.0 Å². The van der Waals surface area contributed by atoms with Crippen molar-refractivity contribution in [2.45, 2.75) is 19.8 Å². The van der Waals surface area contributed by atoms with Crippen molar-refractivity contribution in [1.82, 2.24) is 9.66 Å². The number of carbonyl (C=O) groups excluding carboxylic acids is 1. The first-order chi connectivity index (χ1) is 12.0. The summed E-state index contributed by atoms with van der Waals surface area (Å²) in [7, 11) is 0. The van der Waals surface area contributed by atoms with E-state index in [0.717, 1.165) is 4.68 Å². The first-order valence-electron chi connectivity index (χ1n) is 7.73. The Morgan fingerprint density at radius 2 is 1.80 bits per heavy atom. The minimum absolute atomic E-state index is 0.0165. The molecule has 5 nitrogen and oxygen atoms in total. The summed E-state index contributed by atoms with van der Waals surface area (Å²) in [6.07, 6.45) is 0.357. The van der Waals surface area contributed by atoms with Gasteiger partial charge in [0.25, 0.3) is 5.56 Å². The number of hydrogen-bond acceptors (Lipinski definition) is 3. The van der Waals surface area contributed by atoms with Crippen molar-refractivity contribution < 1.29 is 13.6 Å². The van der Waals surface area contributed by atoms with Gasteiger partial charge in [-0.05, 0) is 29.8 Å². The van der Waals surface area contributed by atoms with E-state index in [-0.39, 0.29) is 23.1 Å². The lowest BCUT2D eigenvalue weighted by Gasteiger charge is -2.13. The molecular formula is C18H15F2N3O2. The van der Waals surface area contributed by atoms with Gasteiger partial charge < -0.3 is 0 Å². The van der Waals surface area contributed by atoms with E-state index in [9.17, 15) is 18.4 Å². The standard InChI is InChI=1S/C18H15F2N3O2/c1-2-16-21-15-10-13(20)7-8-14(15)18(25)23(16)22-17(24)9-11-3-5-12(19)6-4-11/h3-8,10H,2,9H2,1H3,(H,22,24). The summed E-state index contributed by atoms with van der Waals surface area (Å²) in [5.74, 6) is -0.999. The number of benzene rings is 2. The van der Waals surface area contributed by atoms with E-state index in [4.69, 9.17) is 0 Å². The van der Waals surface area contributed by atoms with Gasteiger partial charge in [0, 0.05) is 12.5 Å². The van der Waals surface area contributed by atoms with Crippen LogP contribution in [0.3, 0.4) is 0 Å². The van der Waals surface area contributed by atoms with Crippen LogP contribution >= 0.6 is 0 Å². The van der Waals surface area contributed by atoms with Crippen LogP contribution in [0.4, 0.5) is 8.78 Å². The van der Waals surface area contributed by atoms with E-state index in [1.165, 1.54) is 42.5 Å². The summed E-state index contributed by atoms with van der Waals surface area (Å²) in [6.45, 7) is 1.77. The zero-order valence-corrected chi connectivity index (χ0v) is 13.4. The first kappa shape index (κ1) is 16.8. The highest BCUT2D eigenvalue weighted by Gasteiger charge is 2.13. The summed E-state index contributed by atoms with van der Waals surface area (Å²) >= 11 is 0. The fourth-order valence-corrected chi connectivity index (χ4v) is 2.51. The van der Waals surface area contributed by atoms with Crippen LogP contribution in [0, 0.1) is 11.6 Å². The molecule has 3 rings (SSSR count). The number of aryl methyl sites for hydroxylation is 1. The maximum atomic E-state index is 13.3. The number of rotatable bonds is 4. The second-order valence-corrected chi connectivity index (χ2v) is 5.52. The number of fused-ring (bicyclic) bond motifs is 1. The number of aromatic nitrogens is 2. The maximum Gasteiger partial charge on any atom is 0.280 e. The molecular weight excluding hydrogens is 328 g/mol. The van der Waals surface area contributed by atoms with Crippen LogP contribution in [-0.4, -0.2) is 15.6 Å². The zero-order valence-electron chi connectivity index (χ0n) is 13.4.